The Morgan fingerprint density at radius 2 is 1.15 bits per heavy atom. The molecule has 0 aromatic heterocycles. The molecule has 0 aliphatic heterocycles. The number of hydrogen-bond donors (Lipinski definition) is 2. The molecule has 2 atom stereocenters. The molecule has 0 aliphatic carbocycles. The summed E-state index contributed by atoms with van der Waals surface area (Å²) in [7, 11) is 0. The van der Waals surface area contributed by atoms with E-state index < -0.39 is 36.0 Å². The Hall–Kier alpha value is -4.17. The lowest BCUT2D eigenvalue weighted by molar-refractivity contribution is -0.157. The molecule has 0 heterocycles. The van der Waals surface area contributed by atoms with Gasteiger partial charge in [0.1, 0.15) is 0 Å². The van der Waals surface area contributed by atoms with E-state index in [9.17, 15) is 24.3 Å². The summed E-state index contributed by atoms with van der Waals surface area (Å²) in [6, 6.07) is 21.5. The predicted molar refractivity (Wildman–Crippen MR) is 119 cm³/mol. The zero-order chi connectivity index (χ0) is 23.8. The maximum Gasteiger partial charge on any atom is 0.349 e. The number of carboxylic acids is 1. The van der Waals surface area contributed by atoms with Crippen LogP contribution < -0.4 is 5.32 Å². The number of para-hydroxylation sites is 1. The summed E-state index contributed by atoms with van der Waals surface area (Å²) in [6.07, 6.45) is -4.15. The number of carboxylic acid groups (broad SMARTS) is 1. The molecule has 3 aromatic carbocycles. The molecule has 2 N–H and O–H groups in total. The molecule has 0 fully saturated rings. The number of amides is 1. The van der Waals surface area contributed by atoms with Gasteiger partial charge < -0.3 is 19.9 Å². The number of ether oxygens (including phenoxy) is 2. The first-order valence-electron chi connectivity index (χ1n) is 9.67. The van der Waals surface area contributed by atoms with Crippen LogP contribution in [0.2, 0.25) is 5.02 Å². The first-order valence-corrected chi connectivity index (χ1v) is 10.0. The third-order valence-corrected chi connectivity index (χ3v) is 4.73. The molecule has 3 rings (SSSR count). The molecule has 3 aromatic rings. The lowest BCUT2D eigenvalue weighted by Crippen LogP contribution is -2.48. The standard InChI is InChI=1S/C24H18ClNO7/c25-17-13-7-8-14-18(17)26-21(27)19(32-23(30)15-9-3-1-4-10-15)20(22(28)29)33-24(31)16-11-5-2-6-12-16/h1-14,19-20H,(H,26,27)(H,28,29)/t19-,20-/m0/s1. The Bertz CT molecular complexity index is 1150. The van der Waals surface area contributed by atoms with E-state index in [4.69, 9.17) is 21.1 Å². The van der Waals surface area contributed by atoms with Crippen LogP contribution in [-0.2, 0) is 19.1 Å². The minimum absolute atomic E-state index is 0.0587. The van der Waals surface area contributed by atoms with E-state index in [1.165, 1.54) is 36.4 Å². The van der Waals surface area contributed by atoms with E-state index >= 15 is 0 Å². The second-order valence-electron chi connectivity index (χ2n) is 6.69. The fourth-order valence-electron chi connectivity index (χ4n) is 2.78. The average Bonchev–Trinajstić information content (AvgIpc) is 2.83. The third kappa shape index (κ3) is 6.18. The number of rotatable bonds is 8. The van der Waals surface area contributed by atoms with Crippen LogP contribution in [0.3, 0.4) is 0 Å². The molecule has 33 heavy (non-hydrogen) atoms. The van der Waals surface area contributed by atoms with Crippen molar-refractivity contribution in [3.8, 4) is 0 Å². The Balaban J connectivity index is 1.91. The van der Waals surface area contributed by atoms with E-state index in [-0.39, 0.29) is 21.8 Å². The molecule has 8 nitrogen and oxygen atoms in total. The van der Waals surface area contributed by atoms with E-state index in [1.807, 2.05) is 0 Å². The van der Waals surface area contributed by atoms with Crippen molar-refractivity contribution in [2.75, 3.05) is 5.32 Å². The maximum absolute atomic E-state index is 13.0. The van der Waals surface area contributed by atoms with Crippen molar-refractivity contribution in [3.05, 3.63) is 101 Å². The van der Waals surface area contributed by atoms with E-state index in [0.29, 0.717) is 0 Å². The highest BCUT2D eigenvalue weighted by Crippen LogP contribution is 2.22. The number of carbonyl (C=O) groups excluding carboxylic acids is 3. The number of nitrogens with one attached hydrogen (secondary N) is 1. The Morgan fingerprint density at radius 3 is 1.64 bits per heavy atom. The number of halogens is 1. The van der Waals surface area contributed by atoms with Gasteiger partial charge in [0.05, 0.1) is 21.8 Å². The summed E-state index contributed by atoms with van der Waals surface area (Å²) < 4.78 is 10.3. The smallest absolute Gasteiger partial charge is 0.349 e. The van der Waals surface area contributed by atoms with Gasteiger partial charge in [0.15, 0.2) is 0 Å². The fourth-order valence-corrected chi connectivity index (χ4v) is 2.96. The number of aliphatic carboxylic acids is 1. The number of anilines is 1. The Labute approximate surface area is 193 Å². The Kier molecular flexibility index (Phi) is 7.77. The lowest BCUT2D eigenvalue weighted by atomic mass is 10.1. The summed E-state index contributed by atoms with van der Waals surface area (Å²) in [6.45, 7) is 0. The van der Waals surface area contributed by atoms with Gasteiger partial charge in [0, 0.05) is 0 Å². The molecule has 0 bridgehead atoms. The van der Waals surface area contributed by atoms with Crippen LogP contribution in [0, 0.1) is 0 Å². The molecule has 0 saturated carbocycles. The molecule has 0 saturated heterocycles. The maximum atomic E-state index is 13.0. The Morgan fingerprint density at radius 1 is 0.697 bits per heavy atom. The SMILES string of the molecule is O=C(O[C@H](C(=O)O)[C@H](OC(=O)c1ccccc1)C(=O)Nc1ccccc1Cl)c1ccccc1. The van der Waals surface area contributed by atoms with Crippen LogP contribution in [0.25, 0.3) is 0 Å². The van der Waals surface area contributed by atoms with Gasteiger partial charge in [-0.3, -0.25) is 4.79 Å². The van der Waals surface area contributed by atoms with Gasteiger partial charge in [0.2, 0.25) is 12.2 Å². The van der Waals surface area contributed by atoms with Gasteiger partial charge in [-0.25, -0.2) is 14.4 Å². The summed E-state index contributed by atoms with van der Waals surface area (Å²) >= 11 is 6.06. The van der Waals surface area contributed by atoms with Gasteiger partial charge >= 0.3 is 17.9 Å². The molecule has 168 valence electrons. The molecule has 9 heteroatoms. The van der Waals surface area contributed by atoms with Crippen molar-refractivity contribution >= 4 is 41.1 Å². The van der Waals surface area contributed by atoms with Crippen LogP contribution in [0.1, 0.15) is 20.7 Å². The van der Waals surface area contributed by atoms with E-state index in [2.05, 4.69) is 5.32 Å². The molecule has 0 spiro atoms. The quantitative estimate of drug-likeness (QED) is 0.483. The summed E-state index contributed by atoms with van der Waals surface area (Å²) in [5.41, 5.74) is 0.290. The van der Waals surface area contributed by atoms with E-state index in [1.54, 1.807) is 48.5 Å². The number of carbonyl (C=O) groups is 4. The minimum Gasteiger partial charge on any atom is -0.478 e. The van der Waals surface area contributed by atoms with Crippen molar-refractivity contribution in [3.63, 3.8) is 0 Å². The van der Waals surface area contributed by atoms with Crippen LogP contribution in [-0.4, -0.2) is 41.1 Å². The van der Waals surface area contributed by atoms with Crippen LogP contribution >= 0.6 is 11.6 Å². The van der Waals surface area contributed by atoms with Gasteiger partial charge in [-0.2, -0.15) is 0 Å². The van der Waals surface area contributed by atoms with Gasteiger partial charge in [-0.05, 0) is 36.4 Å². The predicted octanol–water partition coefficient (Wildman–Crippen LogP) is 3.81. The van der Waals surface area contributed by atoms with Crippen LogP contribution in [0.4, 0.5) is 5.69 Å². The number of benzene rings is 3. The molecule has 0 radical (unpaired) electrons. The highest BCUT2D eigenvalue weighted by molar-refractivity contribution is 6.33. The zero-order valence-corrected chi connectivity index (χ0v) is 17.8. The topological polar surface area (TPSA) is 119 Å². The van der Waals surface area contributed by atoms with Crippen molar-refractivity contribution in [1.82, 2.24) is 0 Å². The van der Waals surface area contributed by atoms with Crippen molar-refractivity contribution in [1.29, 1.82) is 0 Å². The number of esters is 2. The minimum atomic E-state index is -2.13. The second kappa shape index (κ2) is 10.9. The zero-order valence-electron chi connectivity index (χ0n) is 17.0. The highest BCUT2D eigenvalue weighted by atomic mass is 35.5. The molecule has 0 aliphatic rings. The summed E-state index contributed by atoms with van der Waals surface area (Å²) in [5, 5.41) is 12.3. The van der Waals surface area contributed by atoms with Crippen molar-refractivity contribution in [2.45, 2.75) is 12.2 Å². The molecular weight excluding hydrogens is 450 g/mol. The van der Waals surface area contributed by atoms with Gasteiger partial charge in [-0.15, -0.1) is 0 Å². The average molecular weight is 468 g/mol. The fraction of sp³-hybridized carbons (Fsp3) is 0.0833. The highest BCUT2D eigenvalue weighted by Gasteiger charge is 2.41. The van der Waals surface area contributed by atoms with Crippen LogP contribution in [0.15, 0.2) is 84.9 Å². The van der Waals surface area contributed by atoms with Gasteiger partial charge in [0.25, 0.3) is 5.91 Å². The van der Waals surface area contributed by atoms with E-state index in [0.717, 1.165) is 0 Å². The second-order valence-corrected chi connectivity index (χ2v) is 7.10. The summed E-state index contributed by atoms with van der Waals surface area (Å²) in [5.74, 6) is -4.70. The first-order chi connectivity index (χ1) is 15.9. The van der Waals surface area contributed by atoms with Crippen molar-refractivity contribution in [2.24, 2.45) is 0 Å². The molecule has 1 amide bonds. The summed E-state index contributed by atoms with van der Waals surface area (Å²) in [4.78, 5) is 50.0. The number of hydrogen-bond acceptors (Lipinski definition) is 6. The molecule has 0 unspecified atom stereocenters. The van der Waals surface area contributed by atoms with Gasteiger partial charge in [-0.1, -0.05) is 60.1 Å². The lowest BCUT2D eigenvalue weighted by Gasteiger charge is -2.23. The van der Waals surface area contributed by atoms with Crippen LogP contribution in [0.5, 0.6) is 0 Å². The third-order valence-electron chi connectivity index (χ3n) is 4.40. The monoisotopic (exact) mass is 467 g/mol. The largest absolute Gasteiger partial charge is 0.478 e. The van der Waals surface area contributed by atoms with Crippen molar-refractivity contribution < 1.29 is 33.8 Å². The normalized spacial score (nSPS) is 12.2. The first kappa shape index (κ1) is 23.5. The molecular formula is C24H18ClNO7.